The van der Waals surface area contributed by atoms with Gasteiger partial charge in [0.25, 0.3) is 0 Å². The molecule has 2 amide bonds. The predicted molar refractivity (Wildman–Crippen MR) is 98.0 cm³/mol. The maximum absolute atomic E-state index is 12.5. The Kier molecular flexibility index (Phi) is 6.11. The van der Waals surface area contributed by atoms with Crippen LogP contribution in [0.25, 0.3) is 0 Å². The summed E-state index contributed by atoms with van der Waals surface area (Å²) in [5.74, 6) is -1.09. The monoisotopic (exact) mass is 366 g/mol. The Labute approximate surface area is 152 Å². The van der Waals surface area contributed by atoms with Gasteiger partial charge in [0.1, 0.15) is 6.04 Å². The van der Waals surface area contributed by atoms with Gasteiger partial charge in [-0.05, 0) is 45.3 Å². The van der Waals surface area contributed by atoms with Crippen LogP contribution in [0.2, 0.25) is 0 Å². The Morgan fingerprint density at radius 1 is 1.24 bits per heavy atom. The van der Waals surface area contributed by atoms with E-state index in [4.69, 9.17) is 10.8 Å². The van der Waals surface area contributed by atoms with Crippen LogP contribution >= 0.6 is 11.8 Å². The third kappa shape index (κ3) is 3.98. The lowest BCUT2D eigenvalue weighted by atomic mass is 9.93. The fourth-order valence-corrected chi connectivity index (χ4v) is 4.55. The standard InChI is InChI=1S/C18H26N2O4S/c1-9-10(2)12(4)13(11(9)3)5-6-20-16(21)7-15(17(20)22)25-8-14(19)18(23)24/h13-15H,5-8,19H2,1-4H3,(H,23,24)/t14-,15?/m0/s1. The van der Waals surface area contributed by atoms with Crippen molar-refractivity contribution in [2.75, 3.05) is 12.3 Å². The van der Waals surface area contributed by atoms with E-state index in [1.54, 1.807) is 0 Å². The molecular weight excluding hydrogens is 340 g/mol. The Hall–Kier alpha value is -1.60. The number of hydrogen-bond acceptors (Lipinski definition) is 5. The summed E-state index contributed by atoms with van der Waals surface area (Å²) in [7, 11) is 0. The van der Waals surface area contributed by atoms with Gasteiger partial charge in [0, 0.05) is 24.6 Å². The number of rotatable bonds is 7. The molecular formula is C18H26N2O4S. The first-order valence-electron chi connectivity index (χ1n) is 8.44. The number of carboxylic acid groups (broad SMARTS) is 1. The molecule has 1 heterocycles. The number of carbonyl (C=O) groups excluding carboxylic acids is 2. The summed E-state index contributed by atoms with van der Waals surface area (Å²) in [5, 5.41) is 8.30. The van der Waals surface area contributed by atoms with Crippen LogP contribution in [0, 0.1) is 5.92 Å². The molecule has 2 aliphatic rings. The van der Waals surface area contributed by atoms with Crippen molar-refractivity contribution in [3.8, 4) is 0 Å². The lowest BCUT2D eigenvalue weighted by Crippen LogP contribution is -2.35. The average Bonchev–Trinajstić information content (AvgIpc) is 2.93. The van der Waals surface area contributed by atoms with Gasteiger partial charge >= 0.3 is 5.97 Å². The van der Waals surface area contributed by atoms with Crippen molar-refractivity contribution in [3.05, 3.63) is 22.3 Å². The van der Waals surface area contributed by atoms with Gasteiger partial charge in [-0.25, -0.2) is 0 Å². The molecule has 0 spiro atoms. The Bertz CT molecular complexity index is 644. The van der Waals surface area contributed by atoms with Gasteiger partial charge in [-0.3, -0.25) is 19.3 Å². The van der Waals surface area contributed by atoms with Crippen LogP contribution in [0.4, 0.5) is 0 Å². The predicted octanol–water partition coefficient (Wildman–Crippen LogP) is 1.95. The molecule has 1 saturated heterocycles. The molecule has 2 rings (SSSR count). The average molecular weight is 366 g/mol. The number of aliphatic carboxylic acids is 1. The number of carboxylic acids is 1. The summed E-state index contributed by atoms with van der Waals surface area (Å²) in [5.41, 5.74) is 10.7. The number of imide groups is 1. The quantitative estimate of drug-likeness (QED) is 0.668. The van der Waals surface area contributed by atoms with E-state index in [1.165, 1.54) is 27.2 Å². The first-order chi connectivity index (χ1) is 11.6. The molecule has 0 aromatic carbocycles. The fraction of sp³-hybridized carbons (Fsp3) is 0.611. The SMILES string of the molecule is CC1=C(C)C(CCN2C(=O)CC(SC[C@H](N)C(=O)O)C2=O)C(C)=C1C. The van der Waals surface area contributed by atoms with E-state index in [9.17, 15) is 14.4 Å². The summed E-state index contributed by atoms with van der Waals surface area (Å²) >= 11 is 1.16. The Morgan fingerprint density at radius 2 is 1.80 bits per heavy atom. The van der Waals surface area contributed by atoms with Crippen molar-refractivity contribution < 1.29 is 19.5 Å². The largest absolute Gasteiger partial charge is 0.480 e. The van der Waals surface area contributed by atoms with Gasteiger partial charge in [-0.1, -0.05) is 11.1 Å². The summed E-state index contributed by atoms with van der Waals surface area (Å²) in [4.78, 5) is 36.8. The van der Waals surface area contributed by atoms with Gasteiger partial charge in [0.2, 0.25) is 11.8 Å². The molecule has 1 unspecified atom stereocenters. The highest BCUT2D eigenvalue weighted by molar-refractivity contribution is 8.00. The molecule has 3 N–H and O–H groups in total. The molecule has 2 atom stereocenters. The number of likely N-dealkylation sites (tertiary alicyclic amines) is 1. The van der Waals surface area contributed by atoms with Crippen molar-refractivity contribution >= 4 is 29.5 Å². The number of allylic oxidation sites excluding steroid dienone is 4. The lowest BCUT2D eigenvalue weighted by molar-refractivity contribution is -0.139. The molecule has 1 aliphatic carbocycles. The zero-order valence-corrected chi connectivity index (χ0v) is 16.0. The van der Waals surface area contributed by atoms with Crippen molar-refractivity contribution in [2.24, 2.45) is 11.7 Å². The lowest BCUT2D eigenvalue weighted by Gasteiger charge is -2.20. The second-order valence-electron chi connectivity index (χ2n) is 6.81. The van der Waals surface area contributed by atoms with E-state index in [1.807, 2.05) is 0 Å². The van der Waals surface area contributed by atoms with E-state index in [-0.39, 0.29) is 29.9 Å². The van der Waals surface area contributed by atoms with Crippen molar-refractivity contribution in [1.82, 2.24) is 4.90 Å². The second-order valence-corrected chi connectivity index (χ2v) is 8.05. The third-order valence-corrected chi connectivity index (χ3v) is 6.75. The summed E-state index contributed by atoms with van der Waals surface area (Å²) in [6.07, 6.45) is 0.859. The summed E-state index contributed by atoms with van der Waals surface area (Å²) in [6.45, 7) is 8.84. The summed E-state index contributed by atoms with van der Waals surface area (Å²) < 4.78 is 0. The zero-order valence-electron chi connectivity index (χ0n) is 15.2. The highest BCUT2D eigenvalue weighted by atomic mass is 32.2. The fourth-order valence-electron chi connectivity index (χ4n) is 3.44. The van der Waals surface area contributed by atoms with E-state index < -0.39 is 17.3 Å². The maximum atomic E-state index is 12.5. The molecule has 1 aliphatic heterocycles. The number of amides is 2. The van der Waals surface area contributed by atoms with Crippen LogP contribution in [0.5, 0.6) is 0 Å². The van der Waals surface area contributed by atoms with Crippen LogP contribution in [-0.2, 0) is 14.4 Å². The molecule has 6 nitrogen and oxygen atoms in total. The Morgan fingerprint density at radius 3 is 2.32 bits per heavy atom. The maximum Gasteiger partial charge on any atom is 0.321 e. The van der Waals surface area contributed by atoms with Crippen LogP contribution in [0.15, 0.2) is 22.3 Å². The van der Waals surface area contributed by atoms with Crippen LogP contribution in [0.3, 0.4) is 0 Å². The van der Waals surface area contributed by atoms with Gasteiger partial charge in [0.05, 0.1) is 5.25 Å². The van der Waals surface area contributed by atoms with Crippen LogP contribution in [-0.4, -0.2) is 51.4 Å². The van der Waals surface area contributed by atoms with Gasteiger partial charge in [-0.15, -0.1) is 11.8 Å². The molecule has 138 valence electrons. The first-order valence-corrected chi connectivity index (χ1v) is 9.49. The van der Waals surface area contributed by atoms with Gasteiger partial charge in [-0.2, -0.15) is 0 Å². The molecule has 0 aromatic heterocycles. The van der Waals surface area contributed by atoms with Crippen molar-refractivity contribution in [3.63, 3.8) is 0 Å². The van der Waals surface area contributed by atoms with Crippen molar-refractivity contribution in [1.29, 1.82) is 0 Å². The third-order valence-electron chi connectivity index (χ3n) is 5.43. The minimum absolute atomic E-state index is 0.123. The smallest absolute Gasteiger partial charge is 0.321 e. The van der Waals surface area contributed by atoms with Crippen LogP contribution in [0.1, 0.15) is 40.5 Å². The molecule has 0 radical (unpaired) electrons. The van der Waals surface area contributed by atoms with E-state index in [0.717, 1.165) is 18.2 Å². The minimum Gasteiger partial charge on any atom is -0.480 e. The Balaban J connectivity index is 1.94. The molecule has 0 bridgehead atoms. The minimum atomic E-state index is -1.10. The molecule has 25 heavy (non-hydrogen) atoms. The molecule has 0 saturated carbocycles. The number of nitrogens with zero attached hydrogens (tertiary/aromatic N) is 1. The zero-order chi connectivity index (χ0) is 18.9. The van der Waals surface area contributed by atoms with E-state index >= 15 is 0 Å². The molecule has 1 fully saturated rings. The summed E-state index contributed by atoms with van der Waals surface area (Å²) in [6, 6.07) is -1.02. The first kappa shape index (κ1) is 19.7. The number of hydrogen-bond donors (Lipinski definition) is 2. The number of carbonyl (C=O) groups is 3. The van der Waals surface area contributed by atoms with Gasteiger partial charge < -0.3 is 10.8 Å². The normalized spacial score (nSPS) is 23.2. The second kappa shape index (κ2) is 7.74. The molecule has 0 aromatic rings. The van der Waals surface area contributed by atoms with E-state index in [0.29, 0.717) is 6.54 Å². The van der Waals surface area contributed by atoms with Crippen molar-refractivity contribution in [2.45, 2.75) is 51.8 Å². The number of nitrogens with two attached hydrogens (primary N) is 1. The number of thioether (sulfide) groups is 1. The molecule has 7 heteroatoms. The highest BCUT2D eigenvalue weighted by Gasteiger charge is 2.39. The van der Waals surface area contributed by atoms with Crippen LogP contribution < -0.4 is 5.73 Å². The highest BCUT2D eigenvalue weighted by Crippen LogP contribution is 2.39. The van der Waals surface area contributed by atoms with Gasteiger partial charge in [0.15, 0.2) is 0 Å². The van der Waals surface area contributed by atoms with E-state index in [2.05, 4.69) is 27.7 Å². The topological polar surface area (TPSA) is 101 Å².